The monoisotopic (exact) mass is 297 g/mol. The number of piperidine rings is 1. The summed E-state index contributed by atoms with van der Waals surface area (Å²) in [6, 6.07) is 12.1. The molecule has 1 fully saturated rings. The minimum atomic E-state index is -0.0155. The molecule has 1 aromatic carbocycles. The van der Waals surface area contributed by atoms with Crippen LogP contribution in [-0.2, 0) is 12.8 Å². The third-order valence-electron chi connectivity index (χ3n) is 4.29. The Hall–Kier alpha value is -1.94. The minimum absolute atomic E-state index is 0.0155. The van der Waals surface area contributed by atoms with Crippen LogP contribution in [0, 0.1) is 0 Å². The van der Waals surface area contributed by atoms with Crippen LogP contribution in [0.25, 0.3) is 0 Å². The summed E-state index contributed by atoms with van der Waals surface area (Å²) in [5, 5.41) is 3.35. The van der Waals surface area contributed by atoms with Crippen molar-refractivity contribution in [2.24, 2.45) is 0 Å². The number of aromatic nitrogens is 2. The average molecular weight is 297 g/mol. The summed E-state index contributed by atoms with van der Waals surface area (Å²) in [6.45, 7) is 2.03. The zero-order valence-corrected chi connectivity index (χ0v) is 12.8. The fourth-order valence-corrected chi connectivity index (χ4v) is 3.08. The number of hydrogen-bond donors (Lipinski definition) is 2. The Labute approximate surface area is 131 Å². The maximum atomic E-state index is 11.9. The van der Waals surface area contributed by atoms with E-state index in [1.54, 1.807) is 6.07 Å². The van der Waals surface area contributed by atoms with Crippen molar-refractivity contribution in [1.29, 1.82) is 0 Å². The topological polar surface area (TPSA) is 57.8 Å². The molecule has 2 aromatic rings. The molecule has 0 unspecified atom stereocenters. The van der Waals surface area contributed by atoms with E-state index in [1.807, 2.05) is 6.07 Å². The number of aryl methyl sites for hydroxylation is 2. The van der Waals surface area contributed by atoms with Gasteiger partial charge >= 0.3 is 0 Å². The van der Waals surface area contributed by atoms with Gasteiger partial charge in [-0.05, 0) is 44.3 Å². The fraction of sp³-hybridized carbons (Fsp3) is 0.444. The Morgan fingerprint density at radius 3 is 2.64 bits per heavy atom. The van der Waals surface area contributed by atoms with Gasteiger partial charge in [-0.15, -0.1) is 0 Å². The molecular weight excluding hydrogens is 274 g/mol. The normalized spacial score (nSPS) is 15.8. The average Bonchev–Trinajstić information content (AvgIpc) is 2.56. The number of nitrogens with zero attached hydrogens (tertiary/aromatic N) is 1. The molecule has 2 heterocycles. The third-order valence-corrected chi connectivity index (χ3v) is 4.29. The van der Waals surface area contributed by atoms with E-state index in [2.05, 4.69) is 34.6 Å². The number of H-pyrrole nitrogens is 1. The second kappa shape index (κ2) is 7.36. The molecule has 116 valence electrons. The number of hydrogen-bond acceptors (Lipinski definition) is 3. The van der Waals surface area contributed by atoms with Crippen LogP contribution in [0.1, 0.15) is 42.3 Å². The highest BCUT2D eigenvalue weighted by molar-refractivity contribution is 5.15. The van der Waals surface area contributed by atoms with Crippen molar-refractivity contribution in [3.63, 3.8) is 0 Å². The Kier molecular flexibility index (Phi) is 5.01. The van der Waals surface area contributed by atoms with Crippen LogP contribution in [0.4, 0.5) is 0 Å². The molecule has 1 aliphatic rings. The highest BCUT2D eigenvalue weighted by Crippen LogP contribution is 2.22. The van der Waals surface area contributed by atoms with E-state index in [0.717, 1.165) is 56.7 Å². The Bertz CT molecular complexity index is 645. The summed E-state index contributed by atoms with van der Waals surface area (Å²) >= 11 is 0. The highest BCUT2D eigenvalue weighted by atomic mass is 16.1. The SMILES string of the molecule is O=c1cc(C2CCNCC2)nc(CCCc2ccccc2)[nH]1. The van der Waals surface area contributed by atoms with Gasteiger partial charge in [0.15, 0.2) is 0 Å². The van der Waals surface area contributed by atoms with Crippen LogP contribution in [-0.4, -0.2) is 23.1 Å². The molecule has 3 rings (SSSR count). The molecule has 0 radical (unpaired) electrons. The van der Waals surface area contributed by atoms with Gasteiger partial charge in [0.2, 0.25) is 0 Å². The van der Waals surface area contributed by atoms with Gasteiger partial charge < -0.3 is 10.3 Å². The predicted molar refractivity (Wildman–Crippen MR) is 88.2 cm³/mol. The molecule has 0 amide bonds. The molecule has 4 nitrogen and oxygen atoms in total. The maximum Gasteiger partial charge on any atom is 0.251 e. The third kappa shape index (κ3) is 4.04. The summed E-state index contributed by atoms with van der Waals surface area (Å²) < 4.78 is 0. The molecule has 1 aromatic heterocycles. The molecule has 0 saturated carbocycles. The number of rotatable bonds is 5. The van der Waals surface area contributed by atoms with E-state index in [-0.39, 0.29) is 5.56 Å². The maximum absolute atomic E-state index is 11.9. The molecule has 0 spiro atoms. The summed E-state index contributed by atoms with van der Waals surface area (Å²) in [4.78, 5) is 19.5. The summed E-state index contributed by atoms with van der Waals surface area (Å²) in [5.41, 5.74) is 2.29. The minimum Gasteiger partial charge on any atom is -0.317 e. The molecule has 0 bridgehead atoms. The smallest absolute Gasteiger partial charge is 0.251 e. The first-order valence-corrected chi connectivity index (χ1v) is 8.16. The van der Waals surface area contributed by atoms with Crippen molar-refractivity contribution in [1.82, 2.24) is 15.3 Å². The van der Waals surface area contributed by atoms with Gasteiger partial charge in [-0.3, -0.25) is 4.79 Å². The second-order valence-electron chi connectivity index (χ2n) is 5.98. The largest absolute Gasteiger partial charge is 0.317 e. The molecule has 1 aliphatic heterocycles. The molecular formula is C18H23N3O. The zero-order valence-electron chi connectivity index (χ0n) is 12.8. The first-order valence-electron chi connectivity index (χ1n) is 8.16. The van der Waals surface area contributed by atoms with Crippen LogP contribution in [0.15, 0.2) is 41.2 Å². The van der Waals surface area contributed by atoms with E-state index < -0.39 is 0 Å². The molecule has 22 heavy (non-hydrogen) atoms. The first kappa shape index (κ1) is 15.0. The van der Waals surface area contributed by atoms with Crippen LogP contribution >= 0.6 is 0 Å². The molecule has 4 heteroatoms. The Morgan fingerprint density at radius 2 is 1.86 bits per heavy atom. The van der Waals surface area contributed by atoms with Gasteiger partial charge in [0, 0.05) is 18.4 Å². The van der Waals surface area contributed by atoms with E-state index in [4.69, 9.17) is 4.98 Å². The van der Waals surface area contributed by atoms with E-state index in [1.165, 1.54) is 5.56 Å². The van der Waals surface area contributed by atoms with Crippen LogP contribution in [0.3, 0.4) is 0 Å². The van der Waals surface area contributed by atoms with Gasteiger partial charge in [-0.1, -0.05) is 30.3 Å². The molecule has 0 atom stereocenters. The lowest BCUT2D eigenvalue weighted by atomic mass is 9.94. The van der Waals surface area contributed by atoms with Gasteiger partial charge in [-0.2, -0.15) is 0 Å². The summed E-state index contributed by atoms with van der Waals surface area (Å²) in [7, 11) is 0. The Balaban J connectivity index is 1.63. The van der Waals surface area contributed by atoms with Crippen LogP contribution in [0.2, 0.25) is 0 Å². The van der Waals surface area contributed by atoms with E-state index in [9.17, 15) is 4.79 Å². The lowest BCUT2D eigenvalue weighted by molar-refractivity contribution is 0.451. The lowest BCUT2D eigenvalue weighted by Gasteiger charge is -2.22. The van der Waals surface area contributed by atoms with E-state index in [0.29, 0.717) is 5.92 Å². The van der Waals surface area contributed by atoms with Crippen molar-refractivity contribution in [3.8, 4) is 0 Å². The zero-order chi connectivity index (χ0) is 15.2. The van der Waals surface area contributed by atoms with Crippen LogP contribution < -0.4 is 10.9 Å². The van der Waals surface area contributed by atoms with Crippen LogP contribution in [0.5, 0.6) is 0 Å². The Morgan fingerprint density at radius 1 is 1.09 bits per heavy atom. The predicted octanol–water partition coefficient (Wildman–Crippen LogP) is 2.41. The van der Waals surface area contributed by atoms with Gasteiger partial charge in [0.05, 0.1) is 5.69 Å². The van der Waals surface area contributed by atoms with E-state index >= 15 is 0 Å². The highest BCUT2D eigenvalue weighted by Gasteiger charge is 2.17. The van der Waals surface area contributed by atoms with Crippen molar-refractivity contribution < 1.29 is 0 Å². The summed E-state index contributed by atoms with van der Waals surface area (Å²) in [6.07, 6.45) is 4.98. The first-order chi connectivity index (χ1) is 10.8. The lowest BCUT2D eigenvalue weighted by Crippen LogP contribution is -2.28. The number of aromatic amines is 1. The quantitative estimate of drug-likeness (QED) is 0.891. The molecule has 1 saturated heterocycles. The second-order valence-corrected chi connectivity index (χ2v) is 5.98. The van der Waals surface area contributed by atoms with Gasteiger partial charge in [0.1, 0.15) is 5.82 Å². The molecule has 2 N–H and O–H groups in total. The standard InChI is InChI=1S/C18H23N3O/c22-18-13-16(15-9-11-19-12-10-15)20-17(21-18)8-4-7-14-5-2-1-3-6-14/h1-3,5-6,13,15,19H,4,7-12H2,(H,20,21,22). The van der Waals surface area contributed by atoms with Crippen molar-refractivity contribution in [2.75, 3.05) is 13.1 Å². The van der Waals surface area contributed by atoms with Crippen molar-refractivity contribution in [3.05, 3.63) is 63.8 Å². The molecule has 0 aliphatic carbocycles. The van der Waals surface area contributed by atoms with Gasteiger partial charge in [-0.25, -0.2) is 4.98 Å². The summed E-state index contributed by atoms with van der Waals surface area (Å²) in [5.74, 6) is 1.26. The number of benzene rings is 1. The van der Waals surface area contributed by atoms with Crippen molar-refractivity contribution >= 4 is 0 Å². The van der Waals surface area contributed by atoms with Gasteiger partial charge in [0.25, 0.3) is 5.56 Å². The number of nitrogens with one attached hydrogen (secondary N) is 2. The fourth-order valence-electron chi connectivity index (χ4n) is 3.08. The van der Waals surface area contributed by atoms with Crippen molar-refractivity contribution in [2.45, 2.75) is 38.0 Å².